The number of anilines is 1. The Morgan fingerprint density at radius 3 is 2.48 bits per heavy atom. The van der Waals surface area contributed by atoms with Gasteiger partial charge < -0.3 is 35.1 Å². The molecule has 0 fully saturated rings. The van der Waals surface area contributed by atoms with E-state index in [0.717, 1.165) is 34.8 Å². The maximum Gasteiger partial charge on any atom is 0.343 e. The first kappa shape index (κ1) is 39.1. The maximum absolute atomic E-state index is 15.0. The van der Waals surface area contributed by atoms with E-state index < -0.39 is 68.5 Å². The quantitative estimate of drug-likeness (QED) is 0.154. The maximum atomic E-state index is 15.0. The number of hydrogen-bond acceptors (Lipinski definition) is 13. The summed E-state index contributed by atoms with van der Waals surface area (Å²) in [4.78, 5) is 75.5. The molecule has 8 rings (SSSR count). The first-order valence-electron chi connectivity index (χ1n) is 18.4. The van der Waals surface area contributed by atoms with Crippen molar-refractivity contribution >= 4 is 71.7 Å². The fourth-order valence-electron chi connectivity index (χ4n) is 7.63. The van der Waals surface area contributed by atoms with Crippen molar-refractivity contribution in [2.24, 2.45) is 5.92 Å². The van der Waals surface area contributed by atoms with Crippen LogP contribution in [-0.2, 0) is 54.1 Å². The summed E-state index contributed by atoms with van der Waals surface area (Å²) in [6, 6.07) is 4.81. The average molecular weight is 833 g/mol. The first-order chi connectivity index (χ1) is 27.4. The molecule has 6 heterocycles. The molecule has 3 aliphatic rings. The highest BCUT2D eigenvalue weighted by Crippen LogP contribution is 2.45. The highest BCUT2D eigenvalue weighted by atomic mass is 32.2. The highest BCUT2D eigenvalue weighted by molar-refractivity contribution is 7.92. The number of ether oxygens (including phenoxy) is 2. The fourth-order valence-corrected chi connectivity index (χ4v) is 9.49. The van der Waals surface area contributed by atoms with Crippen LogP contribution in [0.5, 0.6) is 5.75 Å². The van der Waals surface area contributed by atoms with Gasteiger partial charge in [-0.25, -0.2) is 27.6 Å². The Morgan fingerprint density at radius 1 is 1.02 bits per heavy atom. The molecule has 4 N–H and O–H groups in total. The number of aromatic nitrogens is 3. The number of nitrogens with one attached hydrogen (secondary N) is 3. The lowest BCUT2D eigenvalue weighted by Crippen LogP contribution is -2.53. The predicted molar refractivity (Wildman–Crippen MR) is 209 cm³/mol. The second-order valence-corrected chi connectivity index (χ2v) is 18.1. The van der Waals surface area contributed by atoms with Crippen LogP contribution in [0.2, 0.25) is 0 Å². The van der Waals surface area contributed by atoms with E-state index in [1.807, 2.05) is 0 Å². The number of amides is 3. The summed E-state index contributed by atoms with van der Waals surface area (Å²) in [5.74, 6) is -4.11. The van der Waals surface area contributed by atoms with Gasteiger partial charge in [0, 0.05) is 35.3 Å². The van der Waals surface area contributed by atoms with E-state index in [9.17, 15) is 37.5 Å². The van der Waals surface area contributed by atoms with Gasteiger partial charge in [0.1, 0.15) is 24.5 Å². The Hall–Kier alpha value is -5.79. The molecule has 0 saturated heterocycles. The van der Waals surface area contributed by atoms with E-state index >= 15 is 4.39 Å². The molecule has 0 unspecified atom stereocenters. The van der Waals surface area contributed by atoms with Crippen LogP contribution in [0.25, 0.3) is 32.5 Å². The molecule has 3 aromatic heterocycles. The predicted octanol–water partition coefficient (Wildman–Crippen LogP) is 3.06. The van der Waals surface area contributed by atoms with Crippen LogP contribution in [0.1, 0.15) is 66.7 Å². The van der Waals surface area contributed by atoms with Crippen molar-refractivity contribution in [3.05, 3.63) is 74.3 Å². The highest BCUT2D eigenvalue weighted by Gasteiger charge is 2.45. The van der Waals surface area contributed by atoms with Crippen LogP contribution < -0.4 is 26.2 Å². The van der Waals surface area contributed by atoms with E-state index in [0.29, 0.717) is 40.1 Å². The average Bonchev–Trinajstić information content (AvgIpc) is 3.78. The number of rotatable bonds is 9. The molecule has 2 aromatic carbocycles. The van der Waals surface area contributed by atoms with Crippen LogP contribution in [0.3, 0.4) is 0 Å². The zero-order valence-corrected chi connectivity index (χ0v) is 33.4. The van der Waals surface area contributed by atoms with Gasteiger partial charge in [-0.3, -0.25) is 19.2 Å². The molecular weight excluding hydrogens is 796 g/mol. The summed E-state index contributed by atoms with van der Waals surface area (Å²) in [5, 5.41) is 19.9. The van der Waals surface area contributed by atoms with Gasteiger partial charge >= 0.3 is 5.97 Å². The monoisotopic (exact) mass is 832 g/mol. The Labute approximate surface area is 333 Å². The summed E-state index contributed by atoms with van der Waals surface area (Å²) < 4.78 is 51.8. The smallest absolute Gasteiger partial charge is 0.343 e. The summed E-state index contributed by atoms with van der Waals surface area (Å²) in [5.41, 5.74) is 1.25. The molecular formula is C39H37FN6O10S2. The first-order valence-corrected chi connectivity index (χ1v) is 21.1. The number of nitrogens with zero attached hydrogens (tertiary/aromatic N) is 3. The Morgan fingerprint density at radius 2 is 1.78 bits per heavy atom. The van der Waals surface area contributed by atoms with Gasteiger partial charge in [-0.1, -0.05) is 20.8 Å². The number of esters is 1. The van der Waals surface area contributed by atoms with Gasteiger partial charge in [-0.2, -0.15) is 0 Å². The Bertz CT molecular complexity index is 2840. The molecule has 0 spiro atoms. The van der Waals surface area contributed by atoms with E-state index in [1.165, 1.54) is 13.0 Å². The van der Waals surface area contributed by atoms with Crippen molar-refractivity contribution in [1.29, 1.82) is 0 Å². The van der Waals surface area contributed by atoms with Crippen LogP contribution >= 0.6 is 11.3 Å². The third kappa shape index (κ3) is 6.27. The number of halogens is 1. The molecule has 58 heavy (non-hydrogen) atoms. The number of benzene rings is 2. The molecule has 3 aliphatic heterocycles. The summed E-state index contributed by atoms with van der Waals surface area (Å²) in [6.45, 7) is 6.63. The third-order valence-electron chi connectivity index (χ3n) is 10.8. The normalized spacial score (nSPS) is 17.8. The molecule has 3 atom stereocenters. The van der Waals surface area contributed by atoms with Crippen LogP contribution in [0, 0.1) is 11.7 Å². The molecule has 16 nitrogen and oxygen atoms in total. The van der Waals surface area contributed by atoms with E-state index in [4.69, 9.17) is 14.5 Å². The molecule has 19 heteroatoms. The Balaban J connectivity index is 1.02. The summed E-state index contributed by atoms with van der Waals surface area (Å²) in [7, 11) is -3.66. The fraction of sp³-hybridized carbons (Fsp3) is 0.359. The van der Waals surface area contributed by atoms with Crippen molar-refractivity contribution in [2.75, 3.05) is 18.2 Å². The van der Waals surface area contributed by atoms with Gasteiger partial charge in [-0.05, 0) is 49.1 Å². The minimum Gasteiger partial charge on any atom is -0.490 e. The number of pyridine rings is 2. The van der Waals surface area contributed by atoms with Gasteiger partial charge in [0.15, 0.2) is 11.4 Å². The van der Waals surface area contributed by atoms with E-state index in [1.54, 1.807) is 43.5 Å². The SMILES string of the molecule is CC[C@@]1(O)C(=O)OCc2c1cc1n(c2=O)Cc2c-1nc1ccc(NC(=O)[C@H](C)NC(=O)[C@@H](NC(=O)c3cc4sc(S(C)(=O)=O)nc4cc3F)C(C)C)c3c1c2CCO3. The number of hydrogen-bond donors (Lipinski definition) is 4. The van der Waals surface area contributed by atoms with E-state index in [2.05, 4.69) is 20.9 Å². The zero-order chi connectivity index (χ0) is 41.6. The Kier molecular flexibility index (Phi) is 9.39. The minimum absolute atomic E-state index is 0.0163. The van der Waals surface area contributed by atoms with Gasteiger partial charge in [0.25, 0.3) is 11.5 Å². The van der Waals surface area contributed by atoms with E-state index in [-0.39, 0.29) is 57.4 Å². The van der Waals surface area contributed by atoms with Crippen LogP contribution in [-0.4, -0.2) is 76.7 Å². The number of carbonyl (C=O) groups excluding carboxylic acids is 4. The van der Waals surface area contributed by atoms with Crippen LogP contribution in [0.4, 0.5) is 10.1 Å². The van der Waals surface area contributed by atoms with Gasteiger partial charge in [0.05, 0.1) is 57.1 Å². The molecule has 0 aliphatic carbocycles. The number of aliphatic hydroxyl groups is 1. The van der Waals surface area contributed by atoms with Crippen molar-refractivity contribution in [3.63, 3.8) is 0 Å². The zero-order valence-electron chi connectivity index (χ0n) is 31.8. The molecule has 0 saturated carbocycles. The second kappa shape index (κ2) is 13.9. The van der Waals surface area contributed by atoms with Crippen molar-refractivity contribution in [3.8, 4) is 17.1 Å². The lowest BCUT2D eigenvalue weighted by molar-refractivity contribution is -0.172. The summed E-state index contributed by atoms with van der Waals surface area (Å²) >= 11 is 0.789. The topological polar surface area (TPSA) is 225 Å². The lowest BCUT2D eigenvalue weighted by Gasteiger charge is -2.31. The number of carbonyl (C=O) groups is 4. The number of sulfone groups is 1. The molecule has 0 radical (unpaired) electrons. The van der Waals surface area contributed by atoms with Gasteiger partial charge in [0.2, 0.25) is 26.0 Å². The molecule has 0 bridgehead atoms. The van der Waals surface area contributed by atoms with Gasteiger partial charge in [-0.15, -0.1) is 11.3 Å². The van der Waals surface area contributed by atoms with Crippen LogP contribution in [0.15, 0.2) is 39.5 Å². The summed E-state index contributed by atoms with van der Waals surface area (Å²) in [6.07, 6.45) is 1.47. The lowest BCUT2D eigenvalue weighted by atomic mass is 9.86. The minimum atomic E-state index is -3.66. The number of cyclic esters (lactones) is 1. The second-order valence-electron chi connectivity index (χ2n) is 14.9. The number of fused-ring (bicyclic) bond motifs is 6. The molecule has 302 valence electrons. The third-order valence-corrected chi connectivity index (χ3v) is 13.5. The molecule has 5 aromatic rings. The largest absolute Gasteiger partial charge is 0.490 e. The number of thiazole rings is 1. The molecule has 3 amide bonds. The van der Waals surface area contributed by atoms with Crippen molar-refractivity contribution < 1.29 is 46.6 Å². The van der Waals surface area contributed by atoms with Crippen molar-refractivity contribution in [2.45, 2.75) is 75.7 Å². The van der Waals surface area contributed by atoms with Crippen molar-refractivity contribution in [1.82, 2.24) is 25.2 Å². The standard InChI is InChI=1S/C39H37FN6O10S2/c1-6-39(52)22-12-27-31-20(14-46(27)36(50)21(22)15-56-37(39)51)18-9-10-55-32-25(8-7-24(42-31)29(18)32)43-33(47)17(4)41-35(49)30(16(2)3)45-34(48)19-11-28-26(13-23(19)40)44-38(57-28)58(5,53)54/h7-8,11-13,16-17,30,52H,6,9-10,14-15H2,1-5H3,(H,41,49)(H,43,47)(H,45,48)/t17-,30-,39-/m0/s1.